The summed E-state index contributed by atoms with van der Waals surface area (Å²) in [6.45, 7) is 9.35. The van der Waals surface area contributed by atoms with E-state index >= 15 is 0 Å². The Morgan fingerprint density at radius 2 is 1.56 bits per heavy atom. The van der Waals surface area contributed by atoms with E-state index in [1.807, 2.05) is 76.2 Å². The van der Waals surface area contributed by atoms with Gasteiger partial charge in [-0.1, -0.05) is 12.1 Å². The largest absolute Gasteiger partial charge is 1.00 e. The molecule has 128 valence electrons. The molecule has 0 radical (unpaired) electrons. The second kappa shape index (κ2) is 8.89. The number of aryl methyl sites for hydroxylation is 1. The summed E-state index contributed by atoms with van der Waals surface area (Å²) in [5.74, 6) is 0.734. The fraction of sp³-hybridized carbons (Fsp3) is 0.300. The first-order chi connectivity index (χ1) is 11.3. The molecule has 0 bridgehead atoms. The molecule has 25 heavy (non-hydrogen) atoms. The average Bonchev–Trinajstić information content (AvgIpc) is 2.53. The number of hydrogen-bond acceptors (Lipinski definition) is 3. The molecule has 0 atom stereocenters. The first-order valence-electron chi connectivity index (χ1n) is 7.86. The monoisotopic (exact) mass is 333 g/mol. The number of nitrogens with zero attached hydrogens (tertiary/aromatic N) is 1. The summed E-state index contributed by atoms with van der Waals surface area (Å²) >= 11 is 0. The van der Waals surface area contributed by atoms with Gasteiger partial charge in [0.1, 0.15) is 11.4 Å². The third-order valence-electron chi connectivity index (χ3n) is 3.30. The van der Waals surface area contributed by atoms with Gasteiger partial charge in [-0.2, -0.15) is 17.7 Å². The van der Waals surface area contributed by atoms with E-state index in [2.05, 4.69) is 0 Å². The van der Waals surface area contributed by atoms with E-state index in [9.17, 15) is 4.79 Å². The van der Waals surface area contributed by atoms with Crippen molar-refractivity contribution in [2.24, 2.45) is 0 Å². The van der Waals surface area contributed by atoms with E-state index < -0.39 is 11.7 Å². The van der Waals surface area contributed by atoms with Crippen molar-refractivity contribution in [2.45, 2.75) is 33.3 Å². The van der Waals surface area contributed by atoms with Crippen molar-refractivity contribution in [3.8, 4) is 5.75 Å². The number of benzene rings is 2. The number of rotatable bonds is 4. The number of anilines is 1. The molecular weight excluding hydrogens is 309 g/mol. The molecule has 0 N–H and O–H groups in total. The predicted octanol–water partition coefficient (Wildman–Crippen LogP) is 1.96. The van der Waals surface area contributed by atoms with Gasteiger partial charge in [-0.25, -0.2) is 4.79 Å². The maximum absolute atomic E-state index is 12.6. The zero-order valence-corrected chi connectivity index (χ0v) is 15.9. The van der Waals surface area contributed by atoms with Gasteiger partial charge in [-0.15, -0.1) is 12.1 Å². The third-order valence-corrected chi connectivity index (χ3v) is 3.30. The van der Waals surface area contributed by atoms with Crippen LogP contribution in [0.25, 0.3) is 0 Å². The van der Waals surface area contributed by atoms with Crippen molar-refractivity contribution in [3.05, 3.63) is 66.2 Å². The first-order valence-corrected chi connectivity index (χ1v) is 7.86. The molecule has 0 aliphatic heterocycles. The van der Waals surface area contributed by atoms with Crippen LogP contribution in [0.5, 0.6) is 5.75 Å². The molecule has 0 spiro atoms. The maximum atomic E-state index is 12.6. The fourth-order valence-electron chi connectivity index (χ4n) is 2.09. The minimum atomic E-state index is -0.567. The van der Waals surface area contributed by atoms with Crippen LogP contribution >= 0.6 is 0 Å². The van der Waals surface area contributed by atoms with Gasteiger partial charge in [-0.05, 0) is 52.0 Å². The van der Waals surface area contributed by atoms with Gasteiger partial charge >= 0.3 is 25.0 Å². The molecule has 0 aliphatic carbocycles. The van der Waals surface area contributed by atoms with Crippen molar-refractivity contribution in [3.63, 3.8) is 0 Å². The third kappa shape index (κ3) is 6.41. The van der Waals surface area contributed by atoms with Crippen LogP contribution in [-0.4, -0.2) is 18.8 Å². The van der Waals surface area contributed by atoms with Gasteiger partial charge in [0, 0.05) is 5.69 Å². The molecule has 2 rings (SSSR count). The fourth-order valence-corrected chi connectivity index (χ4v) is 2.09. The SMILES string of the molecule is COc1ccc(N([CH-]c2ccc(C)cc2)C(=O)OC(C)(C)C)cc1.[Li+]. The van der Waals surface area contributed by atoms with Gasteiger partial charge in [0.25, 0.3) is 0 Å². The molecule has 2 aromatic carbocycles. The van der Waals surface area contributed by atoms with Crippen molar-refractivity contribution in [1.82, 2.24) is 0 Å². The second-order valence-corrected chi connectivity index (χ2v) is 6.59. The van der Waals surface area contributed by atoms with E-state index in [0.717, 1.165) is 11.3 Å². The molecule has 5 heteroatoms. The minimum Gasteiger partial charge on any atom is -0.497 e. The molecule has 0 aliphatic rings. The van der Waals surface area contributed by atoms with E-state index in [4.69, 9.17) is 9.47 Å². The number of carbonyl (C=O) groups excluding carboxylic acids is 1. The van der Waals surface area contributed by atoms with Crippen molar-refractivity contribution < 1.29 is 33.1 Å². The van der Waals surface area contributed by atoms with Crippen molar-refractivity contribution >= 4 is 11.8 Å². The number of amides is 1. The average molecular weight is 333 g/mol. The quantitative estimate of drug-likeness (QED) is 0.634. The van der Waals surface area contributed by atoms with Crippen LogP contribution in [0.3, 0.4) is 0 Å². The number of hydrogen-bond donors (Lipinski definition) is 0. The zero-order valence-electron chi connectivity index (χ0n) is 15.9. The Kier molecular flexibility index (Phi) is 7.48. The zero-order chi connectivity index (χ0) is 17.7. The molecule has 1 amide bonds. The van der Waals surface area contributed by atoms with E-state index in [-0.39, 0.29) is 18.9 Å². The second-order valence-electron chi connectivity index (χ2n) is 6.59. The molecule has 0 aromatic heterocycles. The van der Waals surface area contributed by atoms with Crippen LogP contribution in [0.4, 0.5) is 10.5 Å². The van der Waals surface area contributed by atoms with Crippen LogP contribution in [0.2, 0.25) is 0 Å². The van der Waals surface area contributed by atoms with Crippen LogP contribution in [0.1, 0.15) is 31.9 Å². The molecule has 0 fully saturated rings. The Morgan fingerprint density at radius 1 is 1.00 bits per heavy atom. The number of ether oxygens (including phenoxy) is 2. The molecule has 4 nitrogen and oxygen atoms in total. The Bertz CT molecular complexity index is 676. The van der Waals surface area contributed by atoms with Crippen LogP contribution in [0, 0.1) is 13.5 Å². The molecule has 0 saturated carbocycles. The van der Waals surface area contributed by atoms with Crippen molar-refractivity contribution in [2.75, 3.05) is 12.0 Å². The van der Waals surface area contributed by atoms with E-state index in [0.29, 0.717) is 5.69 Å². The summed E-state index contributed by atoms with van der Waals surface area (Å²) in [6.07, 6.45) is -0.423. The number of methoxy groups -OCH3 is 1. The normalized spacial score (nSPS) is 10.4. The summed E-state index contributed by atoms with van der Waals surface area (Å²) in [7, 11) is 1.61. The van der Waals surface area contributed by atoms with E-state index in [1.165, 1.54) is 10.5 Å². The predicted molar refractivity (Wildman–Crippen MR) is 96.3 cm³/mol. The summed E-state index contributed by atoms with van der Waals surface area (Å²) < 4.78 is 10.7. The standard InChI is InChI=1S/C20H24NO3.Li/c1-15-6-8-16(9-7-15)14-21(19(22)24-20(2,3)4)17-10-12-18(23-5)13-11-17;/h6-14H,1-5H3;/q-1;+1. The Morgan fingerprint density at radius 3 is 2.04 bits per heavy atom. The van der Waals surface area contributed by atoms with Crippen LogP contribution < -0.4 is 28.5 Å². The van der Waals surface area contributed by atoms with Gasteiger partial charge in [0.15, 0.2) is 0 Å². The summed E-state index contributed by atoms with van der Waals surface area (Å²) in [4.78, 5) is 14.1. The Balaban J connectivity index is 0.00000312. The number of carbonyl (C=O) groups is 1. The Hall–Kier alpha value is -2.02. The molecule has 0 heterocycles. The van der Waals surface area contributed by atoms with Crippen LogP contribution in [-0.2, 0) is 4.74 Å². The summed E-state index contributed by atoms with van der Waals surface area (Å²) in [6, 6.07) is 15.2. The van der Waals surface area contributed by atoms with Crippen molar-refractivity contribution in [1.29, 1.82) is 0 Å². The summed E-state index contributed by atoms with van der Waals surface area (Å²) in [5, 5.41) is 0. The maximum Gasteiger partial charge on any atom is 1.00 e. The molecule has 2 aromatic rings. The van der Waals surface area contributed by atoms with Crippen LogP contribution in [0.15, 0.2) is 48.5 Å². The summed E-state index contributed by atoms with van der Waals surface area (Å²) in [5.41, 5.74) is 2.23. The topological polar surface area (TPSA) is 38.8 Å². The molecular formula is C20H24LiNO3. The van der Waals surface area contributed by atoms with E-state index in [1.54, 1.807) is 13.7 Å². The first kappa shape index (κ1) is 21.0. The molecule has 0 unspecified atom stereocenters. The smallest absolute Gasteiger partial charge is 0.497 e. The minimum absolute atomic E-state index is 0. The Labute approximate surface area is 162 Å². The van der Waals surface area contributed by atoms with Gasteiger partial charge in [-0.3, -0.25) is 0 Å². The van der Waals surface area contributed by atoms with Gasteiger partial charge in [0.05, 0.1) is 7.11 Å². The van der Waals surface area contributed by atoms with Gasteiger partial charge in [0.2, 0.25) is 0 Å². The molecule has 0 saturated heterocycles. The van der Waals surface area contributed by atoms with Gasteiger partial charge < -0.3 is 14.4 Å².